The van der Waals surface area contributed by atoms with Gasteiger partial charge in [0.25, 0.3) is 0 Å². The lowest BCUT2D eigenvalue weighted by Gasteiger charge is -2.15. The second-order valence-corrected chi connectivity index (χ2v) is 7.98. The van der Waals surface area contributed by atoms with Crippen LogP contribution in [-0.2, 0) is 6.61 Å². The zero-order valence-electron chi connectivity index (χ0n) is 16.0. The van der Waals surface area contributed by atoms with Gasteiger partial charge in [0.1, 0.15) is 18.2 Å². The number of hydrogen-bond donors (Lipinski definition) is 0. The molecule has 1 aromatic heterocycles. The Morgan fingerprint density at radius 3 is 2.60 bits per heavy atom. The van der Waals surface area contributed by atoms with Gasteiger partial charge in [0.2, 0.25) is 0 Å². The molecule has 2 aromatic carbocycles. The molecule has 30 heavy (non-hydrogen) atoms. The Balaban J connectivity index is 1.70. The van der Waals surface area contributed by atoms with Crippen molar-refractivity contribution in [1.29, 1.82) is 0 Å². The Labute approximate surface area is 182 Å². The second-order valence-electron chi connectivity index (χ2n) is 7.06. The van der Waals surface area contributed by atoms with Gasteiger partial charge in [-0.15, -0.1) is 0 Å². The normalized spacial score (nSPS) is 13.5. The van der Waals surface area contributed by atoms with Crippen LogP contribution in [0.5, 0.6) is 5.75 Å². The molecule has 0 atom stereocenters. The Kier molecular flexibility index (Phi) is 5.95. The zero-order chi connectivity index (χ0) is 21.1. The number of aromatic carboxylic acids is 1. The van der Waals surface area contributed by atoms with E-state index < -0.39 is 5.97 Å². The molecule has 1 aliphatic rings. The van der Waals surface area contributed by atoms with Gasteiger partial charge in [-0.05, 0) is 78.4 Å². The number of allylic oxidation sites excluding steroid dienone is 2. The van der Waals surface area contributed by atoms with E-state index in [9.17, 15) is 14.3 Å². The number of hydrogen-bond acceptors (Lipinski definition) is 4. The van der Waals surface area contributed by atoms with Crippen LogP contribution in [0.3, 0.4) is 0 Å². The van der Waals surface area contributed by atoms with E-state index in [2.05, 4.69) is 20.9 Å². The van der Waals surface area contributed by atoms with E-state index in [0.29, 0.717) is 23.6 Å². The molecule has 4 nitrogen and oxygen atoms in total. The van der Waals surface area contributed by atoms with Gasteiger partial charge in [-0.3, -0.25) is 0 Å². The van der Waals surface area contributed by atoms with Crippen LogP contribution >= 0.6 is 15.9 Å². The lowest BCUT2D eigenvalue weighted by Crippen LogP contribution is -2.23. The summed E-state index contributed by atoms with van der Waals surface area (Å²) < 4.78 is 21.1. The summed E-state index contributed by atoms with van der Waals surface area (Å²) in [5.41, 5.74) is 3.99. The summed E-state index contributed by atoms with van der Waals surface area (Å²) >= 11 is 3.41. The third-order valence-corrected chi connectivity index (χ3v) is 5.59. The standard InChI is InChI=1S/C24H19BrFNO3/c25-16-9-7-15(8-10-16)14-30-23-12-11-17(26)13-20(23)18-3-1-4-19(18)21-5-2-6-22(27-21)24(28)29/h2,5-13H,1,3-4,14H2,(H,28,29)/p-1. The van der Waals surface area contributed by atoms with Gasteiger partial charge in [0.15, 0.2) is 0 Å². The third-order valence-electron chi connectivity index (χ3n) is 5.06. The zero-order valence-corrected chi connectivity index (χ0v) is 17.6. The van der Waals surface area contributed by atoms with Crippen molar-refractivity contribution in [1.82, 2.24) is 4.98 Å². The Hall–Kier alpha value is -2.99. The molecule has 3 aromatic rings. The van der Waals surface area contributed by atoms with E-state index in [4.69, 9.17) is 4.74 Å². The molecule has 0 saturated heterocycles. The molecule has 0 N–H and O–H groups in total. The fraction of sp³-hybridized carbons (Fsp3) is 0.167. The first kappa shape index (κ1) is 20.3. The van der Waals surface area contributed by atoms with Crippen LogP contribution in [-0.4, -0.2) is 11.0 Å². The van der Waals surface area contributed by atoms with E-state index >= 15 is 0 Å². The van der Waals surface area contributed by atoms with E-state index in [1.54, 1.807) is 18.2 Å². The van der Waals surface area contributed by atoms with Gasteiger partial charge in [-0.25, -0.2) is 9.37 Å². The van der Waals surface area contributed by atoms with Crippen LogP contribution in [0.4, 0.5) is 4.39 Å². The van der Waals surface area contributed by atoms with Gasteiger partial charge < -0.3 is 14.6 Å². The highest BCUT2D eigenvalue weighted by Gasteiger charge is 2.22. The lowest BCUT2D eigenvalue weighted by atomic mass is 9.98. The molecule has 0 radical (unpaired) electrons. The number of halogens is 2. The topological polar surface area (TPSA) is 62.2 Å². The molecule has 1 aliphatic carbocycles. The maximum absolute atomic E-state index is 14.1. The van der Waals surface area contributed by atoms with E-state index in [1.165, 1.54) is 18.2 Å². The number of carbonyl (C=O) groups excluding carboxylic acids is 1. The molecule has 0 unspecified atom stereocenters. The molecule has 0 bridgehead atoms. The Morgan fingerprint density at radius 2 is 1.83 bits per heavy atom. The number of nitrogens with zero attached hydrogens (tertiary/aromatic N) is 1. The molecule has 0 spiro atoms. The minimum Gasteiger partial charge on any atom is -0.543 e. The summed E-state index contributed by atoms with van der Waals surface area (Å²) in [6, 6.07) is 17.1. The van der Waals surface area contributed by atoms with Crippen LogP contribution in [0.25, 0.3) is 11.1 Å². The first-order valence-corrected chi connectivity index (χ1v) is 10.4. The summed E-state index contributed by atoms with van der Waals surface area (Å²) in [4.78, 5) is 15.4. The Bertz CT molecular complexity index is 1130. The number of ether oxygens (including phenoxy) is 1. The lowest BCUT2D eigenvalue weighted by molar-refractivity contribution is -0.255. The Morgan fingerprint density at radius 1 is 1.07 bits per heavy atom. The fourth-order valence-corrected chi connectivity index (χ4v) is 3.91. The number of aromatic nitrogens is 1. The van der Waals surface area contributed by atoms with E-state index in [1.807, 2.05) is 24.3 Å². The molecule has 0 aliphatic heterocycles. The smallest absolute Gasteiger partial charge is 0.127 e. The largest absolute Gasteiger partial charge is 0.543 e. The average molecular weight is 467 g/mol. The molecule has 1 heterocycles. The first-order chi connectivity index (χ1) is 14.5. The molecule has 0 saturated carbocycles. The summed E-state index contributed by atoms with van der Waals surface area (Å²) in [5.74, 6) is -1.08. The molecule has 0 fully saturated rings. The van der Waals surface area contributed by atoms with Gasteiger partial charge in [-0.2, -0.15) is 0 Å². The summed E-state index contributed by atoms with van der Waals surface area (Å²) in [6.07, 6.45) is 2.36. The fourth-order valence-electron chi connectivity index (χ4n) is 3.65. The number of carboxylic acids is 1. The minimum absolute atomic E-state index is 0.114. The molecular weight excluding hydrogens is 449 g/mol. The van der Waals surface area contributed by atoms with Crippen molar-refractivity contribution in [2.75, 3.05) is 0 Å². The van der Waals surface area contributed by atoms with Gasteiger partial charge >= 0.3 is 0 Å². The quantitative estimate of drug-likeness (QED) is 0.511. The summed E-state index contributed by atoms with van der Waals surface area (Å²) in [7, 11) is 0. The summed E-state index contributed by atoms with van der Waals surface area (Å²) in [5, 5.41) is 11.2. The predicted octanol–water partition coefficient (Wildman–Crippen LogP) is 5.02. The molecule has 6 heteroatoms. The molecular formula is C24H18BrFNO3-. The second kappa shape index (κ2) is 8.79. The highest BCUT2D eigenvalue weighted by Crippen LogP contribution is 2.42. The third kappa shape index (κ3) is 4.44. The van der Waals surface area contributed by atoms with Crippen molar-refractivity contribution in [2.45, 2.75) is 25.9 Å². The number of carbonyl (C=O) groups is 1. The van der Waals surface area contributed by atoms with Crippen molar-refractivity contribution in [3.05, 3.63) is 93.5 Å². The van der Waals surface area contributed by atoms with Crippen LogP contribution < -0.4 is 9.84 Å². The SMILES string of the molecule is O=C([O-])c1cccc(C2=C(c3cc(F)ccc3OCc3ccc(Br)cc3)CCC2)n1. The van der Waals surface area contributed by atoms with Crippen LogP contribution in [0, 0.1) is 5.82 Å². The van der Waals surface area contributed by atoms with Crippen LogP contribution in [0.2, 0.25) is 0 Å². The number of pyridine rings is 1. The monoisotopic (exact) mass is 466 g/mol. The van der Waals surface area contributed by atoms with Crippen molar-refractivity contribution >= 4 is 33.0 Å². The van der Waals surface area contributed by atoms with E-state index in [-0.39, 0.29) is 11.5 Å². The van der Waals surface area contributed by atoms with Crippen molar-refractivity contribution in [3.8, 4) is 5.75 Å². The molecule has 4 rings (SSSR count). The number of benzene rings is 2. The highest BCUT2D eigenvalue weighted by atomic mass is 79.9. The maximum atomic E-state index is 14.1. The number of carboxylic acid groups (broad SMARTS) is 1. The van der Waals surface area contributed by atoms with E-state index in [0.717, 1.165) is 40.4 Å². The minimum atomic E-state index is -1.32. The highest BCUT2D eigenvalue weighted by molar-refractivity contribution is 9.10. The number of rotatable bonds is 6. The first-order valence-electron chi connectivity index (χ1n) is 9.59. The average Bonchev–Trinajstić information content (AvgIpc) is 3.24. The summed E-state index contributed by atoms with van der Waals surface area (Å²) in [6.45, 7) is 0.354. The maximum Gasteiger partial charge on any atom is 0.127 e. The van der Waals surface area contributed by atoms with Crippen LogP contribution in [0.15, 0.2) is 65.1 Å². The predicted molar refractivity (Wildman–Crippen MR) is 114 cm³/mol. The molecule has 0 amide bonds. The van der Waals surface area contributed by atoms with Gasteiger partial charge in [-0.1, -0.05) is 34.1 Å². The van der Waals surface area contributed by atoms with Crippen LogP contribution in [0.1, 0.15) is 46.6 Å². The van der Waals surface area contributed by atoms with Crippen molar-refractivity contribution in [2.24, 2.45) is 0 Å². The van der Waals surface area contributed by atoms with Crippen molar-refractivity contribution in [3.63, 3.8) is 0 Å². The van der Waals surface area contributed by atoms with Gasteiger partial charge in [0.05, 0.1) is 17.4 Å². The van der Waals surface area contributed by atoms with Crippen molar-refractivity contribution < 1.29 is 19.0 Å². The van der Waals surface area contributed by atoms with Gasteiger partial charge in [0, 0.05) is 10.0 Å². The molecule has 152 valence electrons.